The lowest BCUT2D eigenvalue weighted by Crippen LogP contribution is -2.05. The van der Waals surface area contributed by atoms with E-state index in [2.05, 4.69) is 15.4 Å². The number of hydrazine groups is 1. The van der Waals surface area contributed by atoms with E-state index in [1.165, 1.54) is 12.1 Å². The number of rotatable bonds is 3. The lowest BCUT2D eigenvalue weighted by atomic mass is 10.1. The topological polar surface area (TPSA) is 136 Å². The second-order valence-corrected chi connectivity index (χ2v) is 4.49. The third-order valence-corrected chi connectivity index (χ3v) is 3.15. The van der Waals surface area contributed by atoms with Crippen LogP contribution >= 0.6 is 0 Å². The Morgan fingerprint density at radius 3 is 2.76 bits per heavy atom. The summed E-state index contributed by atoms with van der Waals surface area (Å²) < 4.78 is 0. The van der Waals surface area contributed by atoms with Crippen LogP contribution in [0.4, 0.5) is 17.1 Å². The molecule has 0 saturated heterocycles. The van der Waals surface area contributed by atoms with Crippen molar-refractivity contribution in [1.82, 2.24) is 9.97 Å². The van der Waals surface area contributed by atoms with Gasteiger partial charge in [0.05, 0.1) is 21.6 Å². The van der Waals surface area contributed by atoms with Gasteiger partial charge < -0.3 is 16.1 Å². The van der Waals surface area contributed by atoms with Crippen molar-refractivity contribution in [2.45, 2.75) is 0 Å². The van der Waals surface area contributed by atoms with Crippen molar-refractivity contribution in [3.63, 3.8) is 0 Å². The Kier molecular flexibility index (Phi) is 2.92. The first-order valence-corrected chi connectivity index (χ1v) is 6.09. The fourth-order valence-electron chi connectivity index (χ4n) is 2.08. The molecule has 0 aliphatic heterocycles. The number of anilines is 2. The molecule has 0 aliphatic carbocycles. The molecule has 0 aliphatic rings. The smallest absolute Gasteiger partial charge is 0.292 e. The Morgan fingerprint density at radius 2 is 2.05 bits per heavy atom. The second kappa shape index (κ2) is 4.76. The van der Waals surface area contributed by atoms with Gasteiger partial charge in [-0.2, -0.15) is 0 Å². The van der Waals surface area contributed by atoms with Crippen LogP contribution in [-0.4, -0.2) is 14.9 Å². The highest BCUT2D eigenvalue weighted by Crippen LogP contribution is 2.29. The summed E-state index contributed by atoms with van der Waals surface area (Å²) in [6, 6.07) is 9.98. The summed E-state index contributed by atoms with van der Waals surface area (Å²) in [5.41, 5.74) is 10.9. The fraction of sp³-hybridized carbons (Fsp3) is 0. The molecule has 3 aromatic rings. The average Bonchev–Trinajstić information content (AvgIpc) is 2.90. The van der Waals surface area contributed by atoms with Crippen molar-refractivity contribution in [3.05, 3.63) is 46.5 Å². The minimum Gasteiger partial charge on any atom is -0.393 e. The van der Waals surface area contributed by atoms with Crippen LogP contribution in [0.15, 0.2) is 36.4 Å². The first-order chi connectivity index (χ1) is 10.1. The summed E-state index contributed by atoms with van der Waals surface area (Å²) in [4.78, 5) is 17.9. The number of hydrogen-bond acceptors (Lipinski definition) is 6. The number of nitro groups is 1. The van der Waals surface area contributed by atoms with Crippen molar-refractivity contribution in [3.8, 4) is 11.4 Å². The Bertz CT molecular complexity index is 842. The van der Waals surface area contributed by atoms with Gasteiger partial charge in [0, 0.05) is 11.6 Å². The van der Waals surface area contributed by atoms with Crippen LogP contribution in [0.2, 0.25) is 0 Å². The molecule has 21 heavy (non-hydrogen) atoms. The van der Waals surface area contributed by atoms with E-state index in [-0.39, 0.29) is 11.4 Å². The number of nitrogen functional groups attached to an aromatic ring is 2. The van der Waals surface area contributed by atoms with Gasteiger partial charge >= 0.3 is 0 Å². The zero-order chi connectivity index (χ0) is 15.0. The molecule has 1 aromatic heterocycles. The van der Waals surface area contributed by atoms with Gasteiger partial charge in [0.15, 0.2) is 0 Å². The Balaban J connectivity index is 2.12. The number of hydrogen-bond donors (Lipinski definition) is 4. The van der Waals surface area contributed by atoms with Gasteiger partial charge in [-0.3, -0.25) is 16.0 Å². The molecule has 3 rings (SSSR count). The van der Waals surface area contributed by atoms with Crippen molar-refractivity contribution in [2.75, 3.05) is 11.2 Å². The molecule has 0 atom stereocenters. The maximum atomic E-state index is 10.9. The molecule has 6 N–H and O–H groups in total. The zero-order valence-corrected chi connectivity index (χ0v) is 10.8. The highest BCUT2D eigenvalue weighted by molar-refractivity contribution is 5.83. The largest absolute Gasteiger partial charge is 0.393 e. The van der Waals surface area contributed by atoms with E-state index in [9.17, 15) is 10.1 Å². The van der Waals surface area contributed by atoms with Crippen LogP contribution in [0.1, 0.15) is 0 Å². The quantitative estimate of drug-likeness (QED) is 0.251. The van der Waals surface area contributed by atoms with Crippen molar-refractivity contribution in [1.29, 1.82) is 0 Å². The number of imidazole rings is 1. The summed E-state index contributed by atoms with van der Waals surface area (Å²) in [5, 5.41) is 10.9. The molecule has 1 heterocycles. The number of nitrogens with one attached hydrogen (secondary N) is 2. The lowest BCUT2D eigenvalue weighted by Gasteiger charge is -1.99. The van der Waals surface area contributed by atoms with Crippen LogP contribution < -0.4 is 17.0 Å². The normalized spacial score (nSPS) is 10.7. The second-order valence-electron chi connectivity index (χ2n) is 4.49. The highest BCUT2D eigenvalue weighted by Gasteiger charge is 2.14. The summed E-state index contributed by atoms with van der Waals surface area (Å²) in [5.74, 6) is 5.88. The van der Waals surface area contributed by atoms with Gasteiger partial charge in [-0.1, -0.05) is 0 Å². The molecule has 0 fully saturated rings. The third-order valence-electron chi connectivity index (χ3n) is 3.15. The standard InChI is InChI=1S/C13H12N6O2/c14-9-3-1-7(5-12(9)19(20)21)13-16-10-4-2-8(18-15)6-11(10)17-13/h1-6,18H,14-15H2,(H,16,17). The summed E-state index contributed by atoms with van der Waals surface area (Å²) in [7, 11) is 0. The van der Waals surface area contributed by atoms with Gasteiger partial charge in [-0.15, -0.1) is 0 Å². The number of H-pyrrole nitrogens is 1. The molecular weight excluding hydrogens is 272 g/mol. The van der Waals surface area contributed by atoms with Crippen molar-refractivity contribution in [2.24, 2.45) is 5.84 Å². The molecule has 8 heteroatoms. The van der Waals surface area contributed by atoms with E-state index >= 15 is 0 Å². The number of fused-ring (bicyclic) bond motifs is 1. The molecular formula is C13H12N6O2. The first-order valence-electron chi connectivity index (χ1n) is 6.09. The highest BCUT2D eigenvalue weighted by atomic mass is 16.6. The van der Waals surface area contributed by atoms with Crippen molar-refractivity contribution < 1.29 is 4.92 Å². The Morgan fingerprint density at radius 1 is 1.24 bits per heavy atom. The van der Waals surface area contributed by atoms with Gasteiger partial charge in [0.25, 0.3) is 5.69 Å². The van der Waals surface area contributed by atoms with Crippen LogP contribution in [-0.2, 0) is 0 Å². The van der Waals surface area contributed by atoms with E-state index in [1.54, 1.807) is 18.2 Å². The van der Waals surface area contributed by atoms with Crippen LogP contribution in [0.5, 0.6) is 0 Å². The van der Waals surface area contributed by atoms with Crippen LogP contribution in [0.25, 0.3) is 22.4 Å². The zero-order valence-electron chi connectivity index (χ0n) is 10.8. The molecule has 106 valence electrons. The van der Waals surface area contributed by atoms with E-state index in [4.69, 9.17) is 11.6 Å². The fourth-order valence-corrected chi connectivity index (χ4v) is 2.08. The van der Waals surface area contributed by atoms with E-state index in [0.717, 1.165) is 11.2 Å². The monoisotopic (exact) mass is 284 g/mol. The molecule has 0 bridgehead atoms. The molecule has 0 radical (unpaired) electrons. The summed E-state index contributed by atoms with van der Waals surface area (Å²) in [6.45, 7) is 0. The number of nitrogens with zero attached hydrogens (tertiary/aromatic N) is 2. The molecule has 8 nitrogen and oxygen atoms in total. The number of aromatic nitrogens is 2. The number of nitro benzene ring substituents is 1. The Labute approximate surface area is 118 Å². The average molecular weight is 284 g/mol. The van der Waals surface area contributed by atoms with Gasteiger partial charge in [-0.25, -0.2) is 4.98 Å². The van der Waals surface area contributed by atoms with E-state index in [1.807, 2.05) is 6.07 Å². The maximum Gasteiger partial charge on any atom is 0.292 e. The number of nitrogens with two attached hydrogens (primary N) is 2. The minimum atomic E-state index is -0.516. The van der Waals surface area contributed by atoms with Crippen molar-refractivity contribution >= 4 is 28.1 Å². The third kappa shape index (κ3) is 2.23. The van der Waals surface area contributed by atoms with E-state index < -0.39 is 4.92 Å². The Hall–Kier alpha value is -3.13. The molecule has 0 spiro atoms. The van der Waals surface area contributed by atoms with Gasteiger partial charge in [0.2, 0.25) is 0 Å². The minimum absolute atomic E-state index is 0.120. The van der Waals surface area contributed by atoms with Gasteiger partial charge in [0.1, 0.15) is 11.5 Å². The predicted molar refractivity (Wildman–Crippen MR) is 80.4 cm³/mol. The van der Waals surface area contributed by atoms with Gasteiger partial charge in [-0.05, 0) is 30.3 Å². The predicted octanol–water partition coefficient (Wildman–Crippen LogP) is 2.01. The first kappa shape index (κ1) is 12.9. The summed E-state index contributed by atoms with van der Waals surface area (Å²) in [6.07, 6.45) is 0. The molecule has 0 amide bonds. The van der Waals surface area contributed by atoms with Crippen LogP contribution in [0.3, 0.4) is 0 Å². The molecule has 2 aromatic carbocycles. The molecule has 0 saturated carbocycles. The lowest BCUT2D eigenvalue weighted by molar-refractivity contribution is -0.383. The summed E-state index contributed by atoms with van der Waals surface area (Å²) >= 11 is 0. The number of aromatic amines is 1. The van der Waals surface area contributed by atoms with Crippen LogP contribution in [0, 0.1) is 10.1 Å². The SMILES string of the molecule is NNc1ccc2[nH]c(-c3ccc(N)c([N+](=O)[O-])c3)nc2c1. The molecule has 0 unspecified atom stereocenters. The maximum absolute atomic E-state index is 10.9. The number of benzene rings is 2. The van der Waals surface area contributed by atoms with E-state index in [0.29, 0.717) is 16.9 Å².